The Kier molecular flexibility index (Phi) is 4.72. The monoisotopic (exact) mass is 374 g/mol. The van der Waals surface area contributed by atoms with Crippen LogP contribution in [-0.2, 0) is 0 Å². The molecule has 0 unspecified atom stereocenters. The molecule has 2 heterocycles. The summed E-state index contributed by atoms with van der Waals surface area (Å²) in [6, 6.07) is 13.2. The van der Waals surface area contributed by atoms with E-state index in [-0.39, 0.29) is 17.7 Å². The molecule has 0 fully saturated rings. The Hall–Kier alpha value is -3.74. The lowest BCUT2D eigenvalue weighted by Gasteiger charge is -2.13. The molecule has 0 radical (unpaired) electrons. The van der Waals surface area contributed by atoms with Gasteiger partial charge in [-0.1, -0.05) is 30.3 Å². The normalized spacial score (nSPS) is 14.7. The van der Waals surface area contributed by atoms with Crippen molar-refractivity contribution >= 4 is 17.5 Å². The highest BCUT2D eigenvalue weighted by molar-refractivity contribution is 6.07. The van der Waals surface area contributed by atoms with Gasteiger partial charge in [-0.15, -0.1) is 0 Å². The summed E-state index contributed by atoms with van der Waals surface area (Å²) in [5.41, 5.74) is 3.07. The lowest BCUT2D eigenvalue weighted by atomic mass is 9.90. The van der Waals surface area contributed by atoms with Gasteiger partial charge in [0, 0.05) is 24.1 Å². The molecule has 0 spiro atoms. The fourth-order valence-electron chi connectivity index (χ4n) is 3.29. The molecule has 0 saturated heterocycles. The van der Waals surface area contributed by atoms with Crippen molar-refractivity contribution < 1.29 is 14.3 Å². The first-order chi connectivity index (χ1) is 13.7. The number of carbonyl (C=O) groups is 2. The summed E-state index contributed by atoms with van der Waals surface area (Å²) in [6.45, 7) is 0.418. The average Bonchev–Trinajstić information content (AvgIpc) is 3.18. The zero-order valence-electron chi connectivity index (χ0n) is 15.2. The van der Waals surface area contributed by atoms with Crippen LogP contribution < -0.4 is 15.4 Å². The summed E-state index contributed by atoms with van der Waals surface area (Å²) in [5, 5.41) is 5.36. The maximum Gasteiger partial charge on any atom is 0.255 e. The molecular formula is C21H18N4O3. The van der Waals surface area contributed by atoms with E-state index >= 15 is 0 Å². The van der Waals surface area contributed by atoms with Gasteiger partial charge in [0.2, 0.25) is 0 Å². The van der Waals surface area contributed by atoms with Gasteiger partial charge in [-0.05, 0) is 17.7 Å². The van der Waals surface area contributed by atoms with Gasteiger partial charge in [-0.2, -0.15) is 0 Å². The average molecular weight is 374 g/mol. The first-order valence-corrected chi connectivity index (χ1v) is 8.81. The number of aromatic nitrogens is 2. The number of benzene rings is 2. The number of amides is 2. The lowest BCUT2D eigenvalue weighted by molar-refractivity contribution is 0.0960. The van der Waals surface area contributed by atoms with Crippen LogP contribution in [0.1, 0.15) is 37.8 Å². The zero-order valence-corrected chi connectivity index (χ0v) is 15.2. The number of hydrogen-bond acceptors (Lipinski definition) is 5. The van der Waals surface area contributed by atoms with E-state index in [2.05, 4.69) is 20.6 Å². The van der Waals surface area contributed by atoms with Crippen molar-refractivity contribution in [3.63, 3.8) is 0 Å². The van der Waals surface area contributed by atoms with Crippen molar-refractivity contribution in [2.75, 3.05) is 19.0 Å². The van der Waals surface area contributed by atoms with Gasteiger partial charge in [0.15, 0.2) is 0 Å². The van der Waals surface area contributed by atoms with E-state index in [1.807, 2.05) is 30.3 Å². The van der Waals surface area contributed by atoms with E-state index in [1.54, 1.807) is 19.2 Å². The van der Waals surface area contributed by atoms with E-state index in [4.69, 9.17) is 4.74 Å². The minimum absolute atomic E-state index is 0.0487. The van der Waals surface area contributed by atoms with E-state index < -0.39 is 0 Å². The second-order valence-corrected chi connectivity index (χ2v) is 6.38. The van der Waals surface area contributed by atoms with Crippen molar-refractivity contribution in [3.8, 4) is 5.75 Å². The number of anilines is 1. The molecule has 2 amide bonds. The summed E-state index contributed by atoms with van der Waals surface area (Å²) in [6.07, 6.45) is 4.40. The second kappa shape index (κ2) is 7.48. The van der Waals surface area contributed by atoms with E-state index in [0.717, 1.165) is 11.1 Å². The van der Waals surface area contributed by atoms with Crippen molar-refractivity contribution in [2.45, 2.75) is 5.92 Å². The third-order valence-corrected chi connectivity index (χ3v) is 4.64. The molecule has 140 valence electrons. The SMILES string of the molecule is CNC(=O)c1cc(C(=O)Nc2cncnc2)cc2c1OC[C@H]2c1ccccc1. The van der Waals surface area contributed by atoms with E-state index in [1.165, 1.54) is 18.7 Å². The minimum Gasteiger partial charge on any atom is -0.491 e. The summed E-state index contributed by atoms with van der Waals surface area (Å²) in [7, 11) is 1.55. The Morgan fingerprint density at radius 3 is 2.54 bits per heavy atom. The van der Waals surface area contributed by atoms with Crippen LogP contribution in [0.15, 0.2) is 61.2 Å². The van der Waals surface area contributed by atoms with Crippen LogP contribution in [-0.4, -0.2) is 35.4 Å². The minimum atomic E-state index is -0.346. The molecule has 7 heteroatoms. The zero-order chi connectivity index (χ0) is 19.5. The maximum atomic E-state index is 12.8. The molecule has 0 bridgehead atoms. The molecule has 1 atom stereocenters. The number of ether oxygens (including phenoxy) is 1. The van der Waals surface area contributed by atoms with Crippen LogP contribution in [0, 0.1) is 0 Å². The quantitative estimate of drug-likeness (QED) is 0.732. The summed E-state index contributed by atoms with van der Waals surface area (Å²) in [5.74, 6) is -0.177. The Morgan fingerprint density at radius 1 is 1.07 bits per heavy atom. The Morgan fingerprint density at radius 2 is 1.82 bits per heavy atom. The fourth-order valence-corrected chi connectivity index (χ4v) is 3.29. The topological polar surface area (TPSA) is 93.2 Å². The van der Waals surface area contributed by atoms with Gasteiger partial charge in [-0.3, -0.25) is 9.59 Å². The van der Waals surface area contributed by atoms with Crippen molar-refractivity contribution in [3.05, 3.63) is 83.4 Å². The summed E-state index contributed by atoms with van der Waals surface area (Å²) in [4.78, 5) is 33.0. The number of nitrogens with one attached hydrogen (secondary N) is 2. The molecule has 0 aliphatic carbocycles. The van der Waals surface area contributed by atoms with Gasteiger partial charge >= 0.3 is 0 Å². The van der Waals surface area contributed by atoms with E-state index in [9.17, 15) is 9.59 Å². The van der Waals surface area contributed by atoms with Crippen LogP contribution in [0.25, 0.3) is 0 Å². The molecular weight excluding hydrogens is 356 g/mol. The van der Waals surface area contributed by atoms with Crippen molar-refractivity contribution in [2.24, 2.45) is 0 Å². The lowest BCUT2D eigenvalue weighted by Crippen LogP contribution is -2.20. The number of rotatable bonds is 4. The molecule has 1 aliphatic rings. The molecule has 2 N–H and O–H groups in total. The van der Waals surface area contributed by atoms with Crippen LogP contribution in [0.2, 0.25) is 0 Å². The highest BCUT2D eigenvalue weighted by atomic mass is 16.5. The molecule has 2 aromatic carbocycles. The second-order valence-electron chi connectivity index (χ2n) is 6.38. The largest absolute Gasteiger partial charge is 0.491 e. The van der Waals surface area contributed by atoms with Gasteiger partial charge in [0.25, 0.3) is 11.8 Å². The van der Waals surface area contributed by atoms with Crippen LogP contribution in [0.3, 0.4) is 0 Å². The van der Waals surface area contributed by atoms with Gasteiger partial charge < -0.3 is 15.4 Å². The Bertz CT molecular complexity index is 1020. The number of nitrogens with zero attached hydrogens (tertiary/aromatic N) is 2. The first-order valence-electron chi connectivity index (χ1n) is 8.81. The summed E-state index contributed by atoms with van der Waals surface area (Å²) >= 11 is 0. The third-order valence-electron chi connectivity index (χ3n) is 4.64. The highest BCUT2D eigenvalue weighted by Crippen LogP contribution is 2.41. The molecule has 7 nitrogen and oxygen atoms in total. The predicted molar refractivity (Wildman–Crippen MR) is 104 cm³/mol. The number of hydrogen-bond donors (Lipinski definition) is 2. The Balaban J connectivity index is 1.76. The molecule has 1 aliphatic heterocycles. The number of carbonyl (C=O) groups excluding carboxylic acids is 2. The number of fused-ring (bicyclic) bond motifs is 1. The maximum absolute atomic E-state index is 12.8. The molecule has 1 aromatic heterocycles. The third kappa shape index (κ3) is 3.29. The van der Waals surface area contributed by atoms with E-state index in [0.29, 0.717) is 29.2 Å². The molecule has 4 rings (SSSR count). The van der Waals surface area contributed by atoms with Crippen LogP contribution in [0.5, 0.6) is 5.75 Å². The predicted octanol–water partition coefficient (Wildman–Crippen LogP) is 2.61. The Labute approximate surface area is 161 Å². The standard InChI is InChI=1S/C21H18N4O3/c1-22-21(27)17-8-14(20(26)25-15-9-23-12-24-10-15)7-16-18(11-28-19(16)17)13-5-3-2-4-6-13/h2-10,12,18H,11H2,1H3,(H,22,27)(H,25,26)/t18-/m0/s1. The van der Waals surface area contributed by atoms with Gasteiger partial charge in [0.1, 0.15) is 12.1 Å². The molecule has 3 aromatic rings. The molecule has 28 heavy (non-hydrogen) atoms. The van der Waals surface area contributed by atoms with Crippen LogP contribution >= 0.6 is 0 Å². The van der Waals surface area contributed by atoms with Gasteiger partial charge in [-0.25, -0.2) is 9.97 Å². The van der Waals surface area contributed by atoms with Gasteiger partial charge in [0.05, 0.1) is 30.3 Å². The highest BCUT2D eigenvalue weighted by Gasteiger charge is 2.31. The fraction of sp³-hybridized carbons (Fsp3) is 0.143. The van der Waals surface area contributed by atoms with Crippen molar-refractivity contribution in [1.29, 1.82) is 0 Å². The smallest absolute Gasteiger partial charge is 0.255 e. The first kappa shape index (κ1) is 17.7. The summed E-state index contributed by atoms with van der Waals surface area (Å²) < 4.78 is 5.86. The van der Waals surface area contributed by atoms with Crippen LogP contribution in [0.4, 0.5) is 5.69 Å². The molecule has 0 saturated carbocycles. The van der Waals surface area contributed by atoms with Crippen molar-refractivity contribution in [1.82, 2.24) is 15.3 Å².